The smallest absolute Gasteiger partial charge is 0.262 e. The average molecular weight is 150 g/mol. The molecular weight excluding hydrogens is 142 g/mol. The Morgan fingerprint density at radius 1 is 1.56 bits per heavy atom. The highest BCUT2D eigenvalue weighted by Crippen LogP contribution is 1.91. The van der Waals surface area contributed by atoms with Crippen LogP contribution in [0.3, 0.4) is 0 Å². The summed E-state index contributed by atoms with van der Waals surface area (Å²) < 4.78 is 21.7. The molecule has 0 aromatic heterocycles. The van der Waals surface area contributed by atoms with Crippen molar-refractivity contribution in [1.82, 2.24) is 4.31 Å². The normalized spacial score (nSPS) is 10.9. The molecule has 1 amide bonds. The molecule has 0 N–H and O–H groups in total. The summed E-state index contributed by atoms with van der Waals surface area (Å²) in [4.78, 5) is 9.73. The average Bonchev–Trinajstić information content (AvgIpc) is 1.86. The zero-order chi connectivity index (χ0) is 7.49. The quantitative estimate of drug-likeness (QED) is 0.501. The van der Waals surface area contributed by atoms with Crippen LogP contribution in [0.2, 0.25) is 0 Å². The monoisotopic (exact) mass is 150 g/mol. The fraction of sp³-hybridized carbons (Fsp3) is 0.750. The molecule has 4 nitrogen and oxygen atoms in total. The van der Waals surface area contributed by atoms with Gasteiger partial charge in [-0.1, -0.05) is 0 Å². The predicted octanol–water partition coefficient (Wildman–Crippen LogP) is -0.665. The van der Waals surface area contributed by atoms with Crippen molar-refractivity contribution < 1.29 is 13.2 Å². The minimum absolute atomic E-state index is 0.0707. The second-order valence-electron chi connectivity index (χ2n) is 1.46. The number of hydrogen-bond donors (Lipinski definition) is 0. The van der Waals surface area contributed by atoms with Crippen LogP contribution in [-0.4, -0.2) is 31.9 Å². The van der Waals surface area contributed by atoms with E-state index in [0.717, 1.165) is 7.05 Å². The van der Waals surface area contributed by atoms with Crippen LogP contribution < -0.4 is 0 Å². The lowest BCUT2D eigenvalue weighted by molar-refractivity contribution is 0.498. The highest BCUT2D eigenvalue weighted by molar-refractivity contribution is 7.89. The van der Waals surface area contributed by atoms with E-state index in [4.69, 9.17) is 0 Å². The third-order valence-corrected chi connectivity index (χ3v) is 2.55. The van der Waals surface area contributed by atoms with E-state index in [2.05, 4.69) is 0 Å². The van der Waals surface area contributed by atoms with Crippen LogP contribution in [0.1, 0.15) is 6.92 Å². The Hall–Kier alpha value is -0.580. The van der Waals surface area contributed by atoms with Crippen LogP contribution in [0.25, 0.3) is 0 Å². The van der Waals surface area contributed by atoms with Gasteiger partial charge in [0, 0.05) is 7.05 Å². The molecule has 0 heterocycles. The molecule has 0 bridgehead atoms. The Bertz CT molecular complexity index is 184. The van der Waals surface area contributed by atoms with Crippen molar-refractivity contribution in [2.24, 2.45) is 0 Å². The Balaban J connectivity index is 4.34. The number of nitrogens with zero attached hydrogens (tertiary/aromatic N) is 1. The second kappa shape index (κ2) is 2.82. The van der Waals surface area contributed by atoms with Gasteiger partial charge < -0.3 is 0 Å². The summed E-state index contributed by atoms with van der Waals surface area (Å²) >= 11 is 0. The third kappa shape index (κ3) is 2.01. The molecule has 0 aromatic carbocycles. The van der Waals surface area contributed by atoms with Crippen LogP contribution in [0.4, 0.5) is 0 Å². The van der Waals surface area contributed by atoms with Crippen molar-refractivity contribution in [2.75, 3.05) is 12.8 Å². The molecule has 0 aliphatic heterocycles. The molecule has 5 heteroatoms. The van der Waals surface area contributed by atoms with Crippen LogP contribution >= 0.6 is 0 Å². The molecule has 0 aliphatic rings. The van der Waals surface area contributed by atoms with Crippen LogP contribution in [0.15, 0.2) is 0 Å². The van der Waals surface area contributed by atoms with Gasteiger partial charge in [0.05, 0.1) is 5.75 Å². The van der Waals surface area contributed by atoms with Gasteiger partial charge in [0.15, 0.2) is 0 Å². The van der Waals surface area contributed by atoms with Gasteiger partial charge in [-0.3, -0.25) is 4.79 Å². The Kier molecular flexibility index (Phi) is 2.64. The molecule has 0 atom stereocenters. The van der Waals surface area contributed by atoms with Gasteiger partial charge in [-0.25, -0.2) is 12.7 Å². The highest BCUT2D eigenvalue weighted by atomic mass is 32.2. The molecule has 1 radical (unpaired) electrons. The third-order valence-electron chi connectivity index (χ3n) is 0.911. The van der Waals surface area contributed by atoms with E-state index in [-0.39, 0.29) is 5.75 Å². The molecule has 9 heavy (non-hydrogen) atoms. The highest BCUT2D eigenvalue weighted by Gasteiger charge is 2.12. The minimum Gasteiger partial charge on any atom is -0.262 e. The van der Waals surface area contributed by atoms with Crippen LogP contribution in [-0.2, 0) is 14.8 Å². The fourth-order valence-corrected chi connectivity index (χ4v) is 0.751. The number of amides is 1. The second-order valence-corrected chi connectivity index (χ2v) is 3.75. The maximum Gasteiger partial charge on any atom is 0.326 e. The SMILES string of the molecule is CCS(=O)(=O)N(C)[C]=O. The summed E-state index contributed by atoms with van der Waals surface area (Å²) in [6, 6.07) is 0. The summed E-state index contributed by atoms with van der Waals surface area (Å²) in [5.41, 5.74) is 0. The van der Waals surface area contributed by atoms with Crippen molar-refractivity contribution in [3.63, 3.8) is 0 Å². The first kappa shape index (κ1) is 8.42. The first-order valence-corrected chi connectivity index (χ1v) is 4.00. The van der Waals surface area contributed by atoms with Crippen LogP contribution in [0, 0.1) is 0 Å². The van der Waals surface area contributed by atoms with E-state index in [9.17, 15) is 13.2 Å². The predicted molar refractivity (Wildman–Crippen MR) is 32.9 cm³/mol. The molecule has 0 spiro atoms. The lowest BCUT2D eigenvalue weighted by atomic mass is 11.0. The van der Waals surface area contributed by atoms with Gasteiger partial charge in [-0.05, 0) is 6.92 Å². The Morgan fingerprint density at radius 3 is 2.11 bits per heavy atom. The Labute approximate surface area is 54.5 Å². The van der Waals surface area contributed by atoms with Crippen molar-refractivity contribution in [3.05, 3.63) is 0 Å². The zero-order valence-corrected chi connectivity index (χ0v) is 6.10. The molecular formula is C4H8NO3S. The molecule has 0 rings (SSSR count). The maximum absolute atomic E-state index is 10.6. The van der Waals surface area contributed by atoms with Gasteiger partial charge in [0.2, 0.25) is 10.0 Å². The largest absolute Gasteiger partial charge is 0.326 e. The molecule has 53 valence electrons. The Morgan fingerprint density at radius 2 is 2.00 bits per heavy atom. The summed E-state index contributed by atoms with van der Waals surface area (Å²) in [5, 5.41) is 0. The van der Waals surface area contributed by atoms with Gasteiger partial charge in [0.25, 0.3) is 0 Å². The van der Waals surface area contributed by atoms with Gasteiger partial charge in [-0.2, -0.15) is 0 Å². The first-order valence-electron chi connectivity index (χ1n) is 2.39. The molecule has 0 aromatic rings. The molecule has 0 saturated heterocycles. The molecule has 0 fully saturated rings. The number of carbonyl (C=O) groups excluding carboxylic acids is 1. The van der Waals surface area contributed by atoms with E-state index in [1.807, 2.05) is 0 Å². The number of hydrogen-bond acceptors (Lipinski definition) is 3. The van der Waals surface area contributed by atoms with Crippen molar-refractivity contribution >= 4 is 16.4 Å². The van der Waals surface area contributed by atoms with E-state index in [1.54, 1.807) is 0 Å². The number of sulfonamides is 1. The summed E-state index contributed by atoms with van der Waals surface area (Å²) in [5.74, 6) is -0.0707. The van der Waals surface area contributed by atoms with Crippen molar-refractivity contribution in [3.8, 4) is 0 Å². The fourth-order valence-electron chi connectivity index (χ4n) is 0.250. The molecule has 0 aliphatic carbocycles. The minimum atomic E-state index is -3.34. The zero-order valence-electron chi connectivity index (χ0n) is 5.29. The maximum atomic E-state index is 10.6. The van der Waals surface area contributed by atoms with E-state index in [0.29, 0.717) is 4.31 Å². The summed E-state index contributed by atoms with van der Waals surface area (Å²) in [7, 11) is -2.18. The first-order chi connectivity index (χ1) is 4.04. The van der Waals surface area contributed by atoms with E-state index in [1.165, 1.54) is 13.3 Å². The number of rotatable bonds is 3. The molecule has 0 saturated carbocycles. The van der Waals surface area contributed by atoms with Gasteiger partial charge >= 0.3 is 6.41 Å². The lowest BCUT2D eigenvalue weighted by Crippen LogP contribution is -2.26. The summed E-state index contributed by atoms with van der Waals surface area (Å²) in [6.07, 6.45) is 1.25. The van der Waals surface area contributed by atoms with Gasteiger partial charge in [0.1, 0.15) is 0 Å². The van der Waals surface area contributed by atoms with Gasteiger partial charge in [-0.15, -0.1) is 0 Å². The van der Waals surface area contributed by atoms with Crippen LogP contribution in [0.5, 0.6) is 0 Å². The molecule has 0 unspecified atom stereocenters. The lowest BCUT2D eigenvalue weighted by Gasteiger charge is -2.06. The van der Waals surface area contributed by atoms with E-state index >= 15 is 0 Å². The van der Waals surface area contributed by atoms with Crippen molar-refractivity contribution in [1.29, 1.82) is 0 Å². The standard InChI is InChI=1S/C4H8NO3S/c1-3-9(7,8)5(2)4-6/h3H2,1-2H3. The van der Waals surface area contributed by atoms with Crippen molar-refractivity contribution in [2.45, 2.75) is 6.92 Å². The summed E-state index contributed by atoms with van der Waals surface area (Å²) in [6.45, 7) is 1.46. The van der Waals surface area contributed by atoms with E-state index < -0.39 is 10.0 Å². The topological polar surface area (TPSA) is 54.5 Å².